The highest BCUT2D eigenvalue weighted by molar-refractivity contribution is 7.98. The lowest BCUT2D eigenvalue weighted by atomic mass is 9.99. The third-order valence-electron chi connectivity index (χ3n) is 3.65. The number of carbonyl (C=O) groups excluding carboxylic acids is 1. The van der Waals surface area contributed by atoms with Gasteiger partial charge in [-0.1, -0.05) is 37.7 Å². The topological polar surface area (TPSA) is 69.0 Å². The lowest BCUT2D eigenvalue weighted by molar-refractivity contribution is -0.119. The minimum absolute atomic E-state index is 0.0614. The van der Waals surface area contributed by atoms with E-state index in [0.29, 0.717) is 22.6 Å². The van der Waals surface area contributed by atoms with Gasteiger partial charge in [-0.05, 0) is 43.2 Å². The van der Waals surface area contributed by atoms with Crippen molar-refractivity contribution in [1.82, 2.24) is 14.9 Å². The van der Waals surface area contributed by atoms with Crippen molar-refractivity contribution in [3.8, 4) is 5.75 Å². The van der Waals surface area contributed by atoms with Crippen LogP contribution in [0.3, 0.4) is 0 Å². The molecule has 1 aromatic carbocycles. The van der Waals surface area contributed by atoms with Crippen molar-refractivity contribution in [2.24, 2.45) is 0 Å². The number of aromatic nitrogens is 3. The number of amides is 1. The van der Waals surface area contributed by atoms with Crippen molar-refractivity contribution >= 4 is 17.7 Å². The zero-order chi connectivity index (χ0) is 16.8. The van der Waals surface area contributed by atoms with Crippen LogP contribution in [0.2, 0.25) is 0 Å². The van der Waals surface area contributed by atoms with E-state index in [2.05, 4.69) is 29.5 Å². The Morgan fingerprint density at radius 2 is 2.04 bits per heavy atom. The van der Waals surface area contributed by atoms with Gasteiger partial charge in [-0.3, -0.25) is 10.2 Å². The molecule has 7 heteroatoms. The van der Waals surface area contributed by atoms with Crippen molar-refractivity contribution in [1.29, 1.82) is 0 Å². The first-order valence-corrected chi connectivity index (χ1v) is 8.76. The van der Waals surface area contributed by atoms with Crippen LogP contribution in [0.25, 0.3) is 0 Å². The third kappa shape index (κ3) is 4.48. The summed E-state index contributed by atoms with van der Waals surface area (Å²) in [4.78, 5) is 12.0. The van der Waals surface area contributed by atoms with Crippen molar-refractivity contribution in [2.75, 3.05) is 18.3 Å². The average Bonchev–Trinajstić information content (AvgIpc) is 2.92. The highest BCUT2D eigenvalue weighted by Gasteiger charge is 2.11. The van der Waals surface area contributed by atoms with E-state index in [0.717, 1.165) is 6.42 Å². The Hall–Kier alpha value is -2.02. The Balaban J connectivity index is 1.90. The second-order valence-corrected chi connectivity index (χ2v) is 6.04. The van der Waals surface area contributed by atoms with E-state index in [4.69, 9.17) is 4.74 Å². The zero-order valence-corrected chi connectivity index (χ0v) is 14.7. The molecule has 0 aliphatic heterocycles. The van der Waals surface area contributed by atoms with Gasteiger partial charge in [-0.25, -0.2) is 4.68 Å². The first-order valence-electron chi connectivity index (χ1n) is 7.53. The van der Waals surface area contributed by atoms with Crippen LogP contribution in [0.5, 0.6) is 5.75 Å². The number of nitrogens with zero attached hydrogens (tertiary/aromatic N) is 3. The quantitative estimate of drug-likeness (QED) is 0.788. The van der Waals surface area contributed by atoms with E-state index < -0.39 is 0 Å². The fourth-order valence-electron chi connectivity index (χ4n) is 2.04. The molecule has 0 aliphatic carbocycles. The summed E-state index contributed by atoms with van der Waals surface area (Å²) in [5, 5.41) is 8.52. The fourth-order valence-corrected chi connectivity index (χ4v) is 2.52. The molecule has 2 rings (SSSR count). The molecule has 0 saturated heterocycles. The molecule has 23 heavy (non-hydrogen) atoms. The van der Waals surface area contributed by atoms with Crippen LogP contribution >= 0.6 is 11.8 Å². The molecule has 1 N–H and O–H groups in total. The van der Waals surface area contributed by atoms with Crippen molar-refractivity contribution < 1.29 is 9.53 Å². The van der Waals surface area contributed by atoms with E-state index >= 15 is 0 Å². The second kappa shape index (κ2) is 8.01. The van der Waals surface area contributed by atoms with Crippen LogP contribution in [-0.4, -0.2) is 33.6 Å². The van der Waals surface area contributed by atoms with Crippen LogP contribution in [0.1, 0.15) is 37.6 Å². The van der Waals surface area contributed by atoms with Gasteiger partial charge >= 0.3 is 0 Å². The summed E-state index contributed by atoms with van der Waals surface area (Å²) in [7, 11) is 0. The fraction of sp³-hybridized carbons (Fsp3) is 0.438. The molecule has 124 valence electrons. The SMILES string of the molecule is CCC(C)c1ccc(OCC(=O)Nn2c(C)nnc2SC)cc1. The van der Waals surface area contributed by atoms with E-state index in [1.54, 1.807) is 11.6 Å². The Labute approximate surface area is 140 Å². The smallest absolute Gasteiger partial charge is 0.276 e. The Morgan fingerprint density at radius 3 is 2.65 bits per heavy atom. The molecular formula is C16H22N4O2S. The lowest BCUT2D eigenvalue weighted by Gasteiger charge is -2.12. The van der Waals surface area contributed by atoms with Gasteiger partial charge in [0.15, 0.2) is 6.61 Å². The van der Waals surface area contributed by atoms with Crippen LogP contribution in [0, 0.1) is 6.92 Å². The first-order chi connectivity index (χ1) is 11.0. The number of benzene rings is 1. The number of rotatable bonds is 7. The Bertz CT molecular complexity index is 655. The number of hydrogen-bond acceptors (Lipinski definition) is 5. The van der Waals surface area contributed by atoms with Gasteiger partial charge in [0.2, 0.25) is 5.16 Å². The molecule has 1 unspecified atom stereocenters. The van der Waals surface area contributed by atoms with Gasteiger partial charge < -0.3 is 4.74 Å². The van der Waals surface area contributed by atoms with E-state index in [1.165, 1.54) is 17.3 Å². The van der Waals surface area contributed by atoms with Gasteiger partial charge in [-0.15, -0.1) is 10.2 Å². The molecule has 0 fully saturated rings. The van der Waals surface area contributed by atoms with Gasteiger partial charge in [0.25, 0.3) is 5.91 Å². The van der Waals surface area contributed by atoms with Gasteiger partial charge in [0.1, 0.15) is 11.6 Å². The maximum absolute atomic E-state index is 12.0. The van der Waals surface area contributed by atoms with Crippen LogP contribution < -0.4 is 10.2 Å². The zero-order valence-electron chi connectivity index (χ0n) is 13.9. The van der Waals surface area contributed by atoms with Crippen molar-refractivity contribution in [2.45, 2.75) is 38.3 Å². The normalized spacial score (nSPS) is 12.0. The average molecular weight is 334 g/mol. The number of hydrogen-bond donors (Lipinski definition) is 1. The number of thioether (sulfide) groups is 1. The molecule has 0 aliphatic rings. The lowest BCUT2D eigenvalue weighted by Crippen LogP contribution is -2.29. The maximum Gasteiger partial charge on any atom is 0.276 e. The van der Waals surface area contributed by atoms with E-state index in [9.17, 15) is 4.79 Å². The van der Waals surface area contributed by atoms with Crippen molar-refractivity contribution in [3.05, 3.63) is 35.7 Å². The molecule has 1 atom stereocenters. The standard InChI is InChI=1S/C16H22N4O2S/c1-5-11(2)13-6-8-14(9-7-13)22-10-15(21)19-20-12(3)17-18-16(20)23-4/h6-9,11H,5,10H2,1-4H3,(H,19,21). The van der Waals surface area contributed by atoms with Gasteiger partial charge in [0, 0.05) is 0 Å². The maximum atomic E-state index is 12.0. The summed E-state index contributed by atoms with van der Waals surface area (Å²) in [6.07, 6.45) is 2.97. The molecule has 0 saturated carbocycles. The summed E-state index contributed by atoms with van der Waals surface area (Å²) >= 11 is 1.41. The summed E-state index contributed by atoms with van der Waals surface area (Å²) in [6, 6.07) is 7.87. The molecular weight excluding hydrogens is 312 g/mol. The number of nitrogens with one attached hydrogen (secondary N) is 1. The molecule has 6 nitrogen and oxygen atoms in total. The summed E-state index contributed by atoms with van der Waals surface area (Å²) in [5.74, 6) is 1.57. The number of carbonyl (C=O) groups is 1. The first kappa shape index (κ1) is 17.3. The van der Waals surface area contributed by atoms with E-state index in [1.807, 2.05) is 30.5 Å². The summed E-state index contributed by atoms with van der Waals surface area (Å²) in [5.41, 5.74) is 4.00. The molecule has 0 spiro atoms. The van der Waals surface area contributed by atoms with Crippen LogP contribution in [0.15, 0.2) is 29.4 Å². The van der Waals surface area contributed by atoms with Crippen molar-refractivity contribution in [3.63, 3.8) is 0 Å². The summed E-state index contributed by atoms with van der Waals surface area (Å²) < 4.78 is 7.08. The van der Waals surface area contributed by atoms with Gasteiger partial charge in [0.05, 0.1) is 0 Å². The number of ether oxygens (including phenoxy) is 1. The molecule has 1 amide bonds. The molecule has 0 radical (unpaired) electrons. The minimum atomic E-state index is -0.255. The molecule has 0 bridgehead atoms. The molecule has 1 heterocycles. The Morgan fingerprint density at radius 1 is 1.35 bits per heavy atom. The highest BCUT2D eigenvalue weighted by atomic mass is 32.2. The predicted octanol–water partition coefficient (Wildman–Crippen LogP) is 2.97. The largest absolute Gasteiger partial charge is 0.484 e. The highest BCUT2D eigenvalue weighted by Crippen LogP contribution is 2.21. The minimum Gasteiger partial charge on any atom is -0.484 e. The monoisotopic (exact) mass is 334 g/mol. The van der Waals surface area contributed by atoms with Crippen LogP contribution in [-0.2, 0) is 4.79 Å². The van der Waals surface area contributed by atoms with Crippen LogP contribution in [0.4, 0.5) is 0 Å². The molecule has 1 aromatic heterocycles. The second-order valence-electron chi connectivity index (χ2n) is 5.27. The van der Waals surface area contributed by atoms with E-state index in [-0.39, 0.29) is 12.5 Å². The number of aryl methyl sites for hydroxylation is 1. The third-order valence-corrected chi connectivity index (χ3v) is 4.28. The van der Waals surface area contributed by atoms with Gasteiger partial charge in [-0.2, -0.15) is 0 Å². The predicted molar refractivity (Wildman–Crippen MR) is 91.6 cm³/mol. The summed E-state index contributed by atoms with van der Waals surface area (Å²) in [6.45, 7) is 6.07. The Kier molecular flexibility index (Phi) is 6.04. The molecule has 2 aromatic rings.